The Morgan fingerprint density at radius 1 is 1.23 bits per heavy atom. The van der Waals surface area contributed by atoms with Gasteiger partial charge in [-0.2, -0.15) is 5.26 Å². The van der Waals surface area contributed by atoms with Gasteiger partial charge in [0.25, 0.3) is 0 Å². The van der Waals surface area contributed by atoms with Crippen molar-refractivity contribution < 1.29 is 4.74 Å². The number of pyridine rings is 1. The minimum atomic E-state index is 0.203. The van der Waals surface area contributed by atoms with Gasteiger partial charge in [-0.15, -0.1) is 0 Å². The van der Waals surface area contributed by atoms with Crippen molar-refractivity contribution in [3.05, 3.63) is 23.9 Å². The Kier molecular flexibility index (Phi) is 5.25. The molecule has 0 aromatic carbocycles. The summed E-state index contributed by atoms with van der Waals surface area (Å²) >= 11 is 0. The van der Waals surface area contributed by atoms with Gasteiger partial charge in [-0.25, -0.2) is 4.98 Å². The first-order valence-corrected chi connectivity index (χ1v) is 8.31. The molecule has 0 aliphatic carbocycles. The summed E-state index contributed by atoms with van der Waals surface area (Å²) < 4.78 is 6.04. The van der Waals surface area contributed by atoms with E-state index in [2.05, 4.69) is 20.9 Å². The Bertz CT molecular complexity index is 522. The topological polar surface area (TPSA) is 52.4 Å². The van der Waals surface area contributed by atoms with Crippen LogP contribution in [-0.2, 0) is 4.74 Å². The van der Waals surface area contributed by atoms with Gasteiger partial charge in [-0.1, -0.05) is 6.42 Å². The second-order valence-corrected chi connectivity index (χ2v) is 6.14. The number of rotatable bonds is 3. The molecule has 0 saturated carbocycles. The van der Waals surface area contributed by atoms with Crippen LogP contribution in [0.2, 0.25) is 0 Å². The summed E-state index contributed by atoms with van der Waals surface area (Å²) in [5, 5.41) is 9.29. The van der Waals surface area contributed by atoms with Crippen LogP contribution in [0.25, 0.3) is 0 Å². The summed E-state index contributed by atoms with van der Waals surface area (Å²) in [4.78, 5) is 9.17. The predicted octanol–water partition coefficient (Wildman–Crippen LogP) is 2.03. The van der Waals surface area contributed by atoms with E-state index < -0.39 is 0 Å². The number of hydrogen-bond donors (Lipinski definition) is 0. The SMILES string of the molecule is N#Cc1cccnc1N1CCCOC(CN2CCCCC2)C1. The molecule has 0 radical (unpaired) electrons. The molecule has 3 rings (SSSR count). The zero-order valence-electron chi connectivity index (χ0n) is 13.1. The third kappa shape index (κ3) is 3.76. The number of nitriles is 1. The van der Waals surface area contributed by atoms with Crippen molar-refractivity contribution in [1.29, 1.82) is 5.26 Å². The Morgan fingerprint density at radius 3 is 2.91 bits per heavy atom. The second-order valence-electron chi connectivity index (χ2n) is 6.14. The minimum Gasteiger partial charge on any atom is -0.375 e. The van der Waals surface area contributed by atoms with E-state index in [1.165, 1.54) is 32.4 Å². The Balaban J connectivity index is 1.68. The Labute approximate surface area is 132 Å². The van der Waals surface area contributed by atoms with E-state index in [0.717, 1.165) is 38.5 Å². The van der Waals surface area contributed by atoms with Gasteiger partial charge in [-0.3, -0.25) is 0 Å². The van der Waals surface area contributed by atoms with Gasteiger partial charge < -0.3 is 14.5 Å². The highest BCUT2D eigenvalue weighted by molar-refractivity contribution is 5.53. The third-order valence-electron chi connectivity index (χ3n) is 4.47. The summed E-state index contributed by atoms with van der Waals surface area (Å²) in [6.07, 6.45) is 6.91. The zero-order chi connectivity index (χ0) is 15.2. The smallest absolute Gasteiger partial charge is 0.146 e. The van der Waals surface area contributed by atoms with Gasteiger partial charge in [0.15, 0.2) is 0 Å². The standard InChI is InChI=1S/C17H24N4O/c18-12-15-6-4-7-19-17(15)21-10-5-11-22-16(14-21)13-20-8-2-1-3-9-20/h4,6-7,16H,1-3,5,8-11,13-14H2. The minimum absolute atomic E-state index is 0.203. The average molecular weight is 300 g/mol. The summed E-state index contributed by atoms with van der Waals surface area (Å²) in [6.45, 7) is 5.89. The Morgan fingerprint density at radius 2 is 2.09 bits per heavy atom. The molecule has 2 aliphatic rings. The number of ether oxygens (including phenoxy) is 1. The Hall–Kier alpha value is -1.64. The van der Waals surface area contributed by atoms with E-state index in [4.69, 9.17) is 4.74 Å². The summed E-state index contributed by atoms with van der Waals surface area (Å²) in [6, 6.07) is 5.92. The van der Waals surface area contributed by atoms with Crippen molar-refractivity contribution in [3.8, 4) is 6.07 Å². The first-order chi connectivity index (χ1) is 10.9. The van der Waals surface area contributed by atoms with Crippen molar-refractivity contribution in [3.63, 3.8) is 0 Å². The first kappa shape index (κ1) is 15.3. The second kappa shape index (κ2) is 7.57. The maximum atomic E-state index is 9.29. The molecule has 1 atom stereocenters. The van der Waals surface area contributed by atoms with Crippen molar-refractivity contribution >= 4 is 5.82 Å². The molecule has 1 unspecified atom stereocenters. The van der Waals surface area contributed by atoms with E-state index >= 15 is 0 Å². The number of piperidine rings is 1. The highest BCUT2D eigenvalue weighted by Gasteiger charge is 2.24. The molecule has 0 bridgehead atoms. The number of aromatic nitrogens is 1. The molecule has 1 aromatic rings. The lowest BCUT2D eigenvalue weighted by molar-refractivity contribution is 0.0350. The average Bonchev–Trinajstić information content (AvgIpc) is 2.81. The van der Waals surface area contributed by atoms with Gasteiger partial charge in [0, 0.05) is 32.4 Å². The van der Waals surface area contributed by atoms with Crippen LogP contribution in [0.3, 0.4) is 0 Å². The lowest BCUT2D eigenvalue weighted by Crippen LogP contribution is -2.42. The summed E-state index contributed by atoms with van der Waals surface area (Å²) in [5.41, 5.74) is 0.654. The maximum absolute atomic E-state index is 9.29. The van der Waals surface area contributed by atoms with E-state index in [9.17, 15) is 5.26 Å². The normalized spacial score (nSPS) is 23.8. The fourth-order valence-corrected chi connectivity index (χ4v) is 3.36. The molecule has 0 spiro atoms. The van der Waals surface area contributed by atoms with Crippen LogP contribution >= 0.6 is 0 Å². The van der Waals surface area contributed by atoms with Crippen molar-refractivity contribution in [1.82, 2.24) is 9.88 Å². The van der Waals surface area contributed by atoms with Crippen LogP contribution in [0.4, 0.5) is 5.82 Å². The fraction of sp³-hybridized carbons (Fsp3) is 0.647. The van der Waals surface area contributed by atoms with E-state index in [1.807, 2.05) is 12.1 Å². The molecule has 3 heterocycles. The molecular formula is C17H24N4O. The van der Waals surface area contributed by atoms with Crippen molar-refractivity contribution in [2.45, 2.75) is 31.8 Å². The molecule has 2 aliphatic heterocycles. The zero-order valence-corrected chi connectivity index (χ0v) is 13.1. The third-order valence-corrected chi connectivity index (χ3v) is 4.47. The van der Waals surface area contributed by atoms with Gasteiger partial charge >= 0.3 is 0 Å². The molecule has 2 fully saturated rings. The summed E-state index contributed by atoms with van der Waals surface area (Å²) in [5.74, 6) is 0.805. The molecule has 118 valence electrons. The van der Waals surface area contributed by atoms with E-state index in [-0.39, 0.29) is 6.10 Å². The fourth-order valence-electron chi connectivity index (χ4n) is 3.36. The van der Waals surface area contributed by atoms with Crippen LogP contribution in [-0.4, -0.2) is 55.3 Å². The van der Waals surface area contributed by atoms with Gasteiger partial charge in [-0.05, 0) is 44.5 Å². The lowest BCUT2D eigenvalue weighted by Gasteiger charge is -2.32. The van der Waals surface area contributed by atoms with Crippen LogP contribution in [0.1, 0.15) is 31.2 Å². The lowest BCUT2D eigenvalue weighted by atomic mass is 10.1. The van der Waals surface area contributed by atoms with E-state index in [0.29, 0.717) is 5.56 Å². The first-order valence-electron chi connectivity index (χ1n) is 8.31. The van der Waals surface area contributed by atoms with Crippen molar-refractivity contribution in [2.24, 2.45) is 0 Å². The van der Waals surface area contributed by atoms with Crippen LogP contribution in [0.15, 0.2) is 18.3 Å². The van der Waals surface area contributed by atoms with Crippen LogP contribution in [0.5, 0.6) is 0 Å². The highest BCUT2D eigenvalue weighted by atomic mass is 16.5. The van der Waals surface area contributed by atoms with Crippen molar-refractivity contribution in [2.75, 3.05) is 44.2 Å². The molecule has 2 saturated heterocycles. The number of anilines is 1. The summed E-state index contributed by atoms with van der Waals surface area (Å²) in [7, 11) is 0. The highest BCUT2D eigenvalue weighted by Crippen LogP contribution is 2.20. The molecule has 1 aromatic heterocycles. The number of hydrogen-bond acceptors (Lipinski definition) is 5. The molecule has 22 heavy (non-hydrogen) atoms. The number of likely N-dealkylation sites (tertiary alicyclic amines) is 1. The van der Waals surface area contributed by atoms with Gasteiger partial charge in [0.2, 0.25) is 0 Å². The molecule has 5 nitrogen and oxygen atoms in total. The van der Waals surface area contributed by atoms with Crippen LogP contribution in [0, 0.1) is 11.3 Å². The quantitative estimate of drug-likeness (QED) is 0.855. The van der Waals surface area contributed by atoms with E-state index in [1.54, 1.807) is 6.20 Å². The van der Waals surface area contributed by atoms with Gasteiger partial charge in [0.05, 0.1) is 11.7 Å². The number of nitrogens with zero attached hydrogens (tertiary/aromatic N) is 4. The monoisotopic (exact) mass is 300 g/mol. The van der Waals surface area contributed by atoms with Crippen LogP contribution < -0.4 is 4.90 Å². The largest absolute Gasteiger partial charge is 0.375 e. The predicted molar refractivity (Wildman–Crippen MR) is 85.8 cm³/mol. The molecule has 0 N–H and O–H groups in total. The molecule has 0 amide bonds. The maximum Gasteiger partial charge on any atom is 0.146 e. The molecule has 5 heteroatoms. The molecular weight excluding hydrogens is 276 g/mol. The van der Waals surface area contributed by atoms with Gasteiger partial charge in [0.1, 0.15) is 11.9 Å².